The summed E-state index contributed by atoms with van der Waals surface area (Å²) in [7, 11) is -0.745. The van der Waals surface area contributed by atoms with E-state index in [-0.39, 0.29) is 10.6 Å². The number of anilines is 1. The maximum Gasteiger partial charge on any atom is 0.354 e. The minimum atomic E-state index is -3.64. The van der Waals surface area contributed by atoms with E-state index in [1.807, 2.05) is 12.1 Å². The number of carbonyl (C=O) groups is 1. The first kappa shape index (κ1) is 18.5. The maximum atomic E-state index is 12.9. The van der Waals surface area contributed by atoms with E-state index in [1.165, 1.54) is 33.8 Å². The summed E-state index contributed by atoms with van der Waals surface area (Å²) in [6.45, 7) is 4.11. The van der Waals surface area contributed by atoms with Crippen LogP contribution in [0, 0.1) is 6.92 Å². The molecule has 140 valence electrons. The van der Waals surface area contributed by atoms with Crippen molar-refractivity contribution in [1.29, 1.82) is 0 Å². The number of esters is 1. The summed E-state index contributed by atoms with van der Waals surface area (Å²) in [6, 6.07) is 9.46. The third-order valence-corrected chi connectivity index (χ3v) is 6.57. The van der Waals surface area contributed by atoms with Gasteiger partial charge in [-0.25, -0.2) is 13.2 Å². The lowest BCUT2D eigenvalue weighted by molar-refractivity contribution is 0.0590. The number of methoxy groups -OCH3 is 1. The fraction of sp³-hybridized carbons (Fsp3) is 0.389. The number of aryl methyl sites for hydroxylation is 2. The van der Waals surface area contributed by atoms with Crippen LogP contribution >= 0.6 is 0 Å². The molecule has 0 spiro atoms. The predicted octanol–water partition coefficient (Wildman–Crippen LogP) is 1.63. The number of hydrogen-bond donors (Lipinski definition) is 0. The van der Waals surface area contributed by atoms with Gasteiger partial charge in [0.25, 0.3) is 0 Å². The van der Waals surface area contributed by atoms with Crippen LogP contribution < -0.4 is 4.90 Å². The molecule has 0 amide bonds. The Labute approximate surface area is 153 Å². The van der Waals surface area contributed by atoms with Gasteiger partial charge < -0.3 is 14.2 Å². The summed E-state index contributed by atoms with van der Waals surface area (Å²) < 4.78 is 33.5. The SMILES string of the molecule is COC(=O)c1cc(S(=O)(=O)N2CCN(c3ccccc3C)CC2)cn1C. The Balaban J connectivity index is 1.76. The van der Waals surface area contributed by atoms with E-state index in [1.54, 1.807) is 7.05 Å². The molecule has 0 saturated carbocycles. The number of piperazine rings is 1. The molecule has 8 heteroatoms. The Morgan fingerprint density at radius 2 is 1.77 bits per heavy atom. The van der Waals surface area contributed by atoms with Crippen molar-refractivity contribution >= 4 is 21.7 Å². The van der Waals surface area contributed by atoms with Crippen molar-refractivity contribution in [3.8, 4) is 0 Å². The standard InChI is InChI=1S/C18H23N3O4S/c1-14-6-4-5-7-16(14)20-8-10-21(11-9-20)26(23,24)15-12-17(18(22)25-3)19(2)13-15/h4-7,12-13H,8-11H2,1-3H3. The summed E-state index contributed by atoms with van der Waals surface area (Å²) in [6.07, 6.45) is 1.45. The normalized spacial score (nSPS) is 15.9. The van der Waals surface area contributed by atoms with Gasteiger partial charge >= 0.3 is 5.97 Å². The molecule has 0 aliphatic carbocycles. The fourth-order valence-corrected chi connectivity index (χ4v) is 4.71. The van der Waals surface area contributed by atoms with Crippen LogP contribution in [0.5, 0.6) is 0 Å². The van der Waals surface area contributed by atoms with Gasteiger partial charge in [-0.3, -0.25) is 0 Å². The highest BCUT2D eigenvalue weighted by molar-refractivity contribution is 7.89. The average molecular weight is 377 g/mol. The van der Waals surface area contributed by atoms with Gasteiger partial charge in [0.2, 0.25) is 10.0 Å². The number of nitrogens with zero attached hydrogens (tertiary/aromatic N) is 3. The van der Waals surface area contributed by atoms with Gasteiger partial charge in [0.1, 0.15) is 10.6 Å². The van der Waals surface area contributed by atoms with Gasteiger partial charge in [0.15, 0.2) is 0 Å². The summed E-state index contributed by atoms with van der Waals surface area (Å²) in [5, 5.41) is 0. The number of ether oxygens (including phenoxy) is 1. The number of carbonyl (C=O) groups excluding carboxylic acids is 1. The highest BCUT2D eigenvalue weighted by Gasteiger charge is 2.30. The van der Waals surface area contributed by atoms with Crippen LogP contribution in [0.2, 0.25) is 0 Å². The zero-order chi connectivity index (χ0) is 18.9. The molecule has 1 aromatic carbocycles. The molecular formula is C18H23N3O4S. The second-order valence-electron chi connectivity index (χ2n) is 6.34. The summed E-state index contributed by atoms with van der Waals surface area (Å²) in [5.74, 6) is -0.557. The Kier molecular flexibility index (Phi) is 5.06. The maximum absolute atomic E-state index is 12.9. The van der Waals surface area contributed by atoms with Crippen LogP contribution in [0.1, 0.15) is 16.1 Å². The predicted molar refractivity (Wildman–Crippen MR) is 98.9 cm³/mol. The number of rotatable bonds is 4. The van der Waals surface area contributed by atoms with Crippen LogP contribution in [0.15, 0.2) is 41.4 Å². The highest BCUT2D eigenvalue weighted by atomic mass is 32.2. The van der Waals surface area contributed by atoms with Gasteiger partial charge in [-0.2, -0.15) is 4.31 Å². The molecule has 1 aromatic heterocycles. The van der Waals surface area contributed by atoms with Crippen molar-refractivity contribution in [2.45, 2.75) is 11.8 Å². The van der Waals surface area contributed by atoms with Crippen molar-refractivity contribution in [2.75, 3.05) is 38.2 Å². The van der Waals surface area contributed by atoms with Gasteiger partial charge in [-0.05, 0) is 24.6 Å². The molecule has 1 aliphatic rings. The van der Waals surface area contributed by atoms with E-state index in [2.05, 4.69) is 28.7 Å². The summed E-state index contributed by atoms with van der Waals surface area (Å²) >= 11 is 0. The minimum absolute atomic E-state index is 0.116. The highest BCUT2D eigenvalue weighted by Crippen LogP contribution is 2.24. The van der Waals surface area contributed by atoms with E-state index in [0.29, 0.717) is 26.2 Å². The van der Waals surface area contributed by atoms with Gasteiger partial charge in [0.05, 0.1) is 7.11 Å². The molecule has 3 rings (SSSR count). The number of para-hydroxylation sites is 1. The molecule has 7 nitrogen and oxygen atoms in total. The van der Waals surface area contributed by atoms with Gasteiger partial charge in [-0.1, -0.05) is 18.2 Å². The number of benzene rings is 1. The fourth-order valence-electron chi connectivity index (χ4n) is 3.22. The zero-order valence-electron chi connectivity index (χ0n) is 15.2. The van der Waals surface area contributed by atoms with Crippen molar-refractivity contribution in [3.05, 3.63) is 47.8 Å². The molecule has 2 heterocycles. The van der Waals surface area contributed by atoms with Crippen molar-refractivity contribution in [1.82, 2.24) is 8.87 Å². The first-order valence-corrected chi connectivity index (χ1v) is 9.84. The summed E-state index contributed by atoms with van der Waals surface area (Å²) in [4.78, 5) is 14.0. The monoisotopic (exact) mass is 377 g/mol. The first-order chi connectivity index (χ1) is 12.3. The Hall–Kier alpha value is -2.32. The molecular weight excluding hydrogens is 354 g/mol. The third-order valence-electron chi connectivity index (χ3n) is 4.71. The van der Waals surface area contributed by atoms with Crippen molar-refractivity contribution < 1.29 is 17.9 Å². The zero-order valence-corrected chi connectivity index (χ0v) is 16.0. The van der Waals surface area contributed by atoms with Gasteiger partial charge in [-0.15, -0.1) is 0 Å². The minimum Gasteiger partial charge on any atom is -0.464 e. The van der Waals surface area contributed by atoms with Crippen molar-refractivity contribution in [3.63, 3.8) is 0 Å². The number of hydrogen-bond acceptors (Lipinski definition) is 5. The van der Waals surface area contributed by atoms with Gasteiger partial charge in [0, 0.05) is 45.1 Å². The molecule has 0 bridgehead atoms. The molecule has 0 radical (unpaired) electrons. The molecule has 2 aromatic rings. The third kappa shape index (κ3) is 3.34. The van der Waals surface area contributed by atoms with E-state index >= 15 is 0 Å². The lowest BCUT2D eigenvalue weighted by atomic mass is 10.1. The number of sulfonamides is 1. The lowest BCUT2D eigenvalue weighted by Gasteiger charge is -2.35. The molecule has 1 saturated heterocycles. The lowest BCUT2D eigenvalue weighted by Crippen LogP contribution is -2.48. The summed E-state index contributed by atoms with van der Waals surface area (Å²) in [5.41, 5.74) is 2.52. The van der Waals surface area contributed by atoms with Crippen molar-refractivity contribution in [2.24, 2.45) is 7.05 Å². The molecule has 0 N–H and O–H groups in total. The van der Waals surface area contributed by atoms with Crippen LogP contribution in [0.4, 0.5) is 5.69 Å². The molecule has 1 fully saturated rings. The van der Waals surface area contributed by atoms with Crippen LogP contribution in [-0.2, 0) is 21.8 Å². The Morgan fingerprint density at radius 3 is 2.38 bits per heavy atom. The second-order valence-corrected chi connectivity index (χ2v) is 8.28. The van der Waals surface area contributed by atoms with E-state index in [4.69, 9.17) is 0 Å². The molecule has 1 aliphatic heterocycles. The van der Waals surface area contributed by atoms with Crippen LogP contribution in [0.25, 0.3) is 0 Å². The molecule has 0 unspecified atom stereocenters. The smallest absolute Gasteiger partial charge is 0.354 e. The Morgan fingerprint density at radius 1 is 1.12 bits per heavy atom. The van der Waals surface area contributed by atoms with Crippen LogP contribution in [0.3, 0.4) is 0 Å². The molecule has 0 atom stereocenters. The second kappa shape index (κ2) is 7.13. The largest absolute Gasteiger partial charge is 0.464 e. The average Bonchev–Trinajstić information content (AvgIpc) is 3.04. The quantitative estimate of drug-likeness (QED) is 0.758. The van der Waals surface area contributed by atoms with Crippen LogP contribution in [-0.4, -0.2) is 56.5 Å². The van der Waals surface area contributed by atoms with E-state index in [0.717, 1.165) is 5.69 Å². The van der Waals surface area contributed by atoms with E-state index in [9.17, 15) is 13.2 Å². The number of aromatic nitrogens is 1. The topological polar surface area (TPSA) is 71.8 Å². The Bertz CT molecular complexity index is 912. The first-order valence-electron chi connectivity index (χ1n) is 8.40. The molecule has 26 heavy (non-hydrogen) atoms. The van der Waals surface area contributed by atoms with E-state index < -0.39 is 16.0 Å².